The van der Waals surface area contributed by atoms with E-state index in [9.17, 15) is 10.1 Å². The van der Waals surface area contributed by atoms with Crippen molar-refractivity contribution >= 4 is 23.1 Å². The van der Waals surface area contributed by atoms with Gasteiger partial charge in [0.1, 0.15) is 6.33 Å². The van der Waals surface area contributed by atoms with Crippen molar-refractivity contribution in [3.8, 4) is 0 Å². The first kappa shape index (κ1) is 17.6. The van der Waals surface area contributed by atoms with Crippen LogP contribution >= 0.6 is 11.6 Å². The molecule has 0 N–H and O–H groups in total. The normalized spacial score (nSPS) is 10.9. The van der Waals surface area contributed by atoms with E-state index >= 15 is 0 Å². The predicted molar refractivity (Wildman–Crippen MR) is 84.0 cm³/mol. The molecule has 0 saturated carbocycles. The summed E-state index contributed by atoms with van der Waals surface area (Å²) < 4.78 is 0. The molecule has 21 heavy (non-hydrogen) atoms. The molecule has 1 heterocycles. The maximum absolute atomic E-state index is 11.1. The first-order valence-electron chi connectivity index (χ1n) is 7.17. The van der Waals surface area contributed by atoms with Crippen LogP contribution in [0.1, 0.15) is 27.2 Å². The van der Waals surface area contributed by atoms with Crippen LogP contribution in [0.25, 0.3) is 0 Å². The van der Waals surface area contributed by atoms with Gasteiger partial charge < -0.3 is 9.80 Å². The van der Waals surface area contributed by atoms with E-state index in [4.69, 9.17) is 11.6 Å². The van der Waals surface area contributed by atoms with Crippen LogP contribution in [0.3, 0.4) is 0 Å². The van der Waals surface area contributed by atoms with Gasteiger partial charge in [0.15, 0.2) is 0 Å². The first-order chi connectivity index (χ1) is 10.0. The molecule has 0 aliphatic rings. The molecule has 0 radical (unpaired) electrons. The molecule has 0 aromatic carbocycles. The minimum absolute atomic E-state index is 0.118. The van der Waals surface area contributed by atoms with Crippen molar-refractivity contribution in [2.75, 3.05) is 37.6 Å². The molecule has 0 fully saturated rings. The minimum Gasteiger partial charge on any atom is -0.351 e. The number of hydrogen-bond acceptors (Lipinski definition) is 6. The second-order valence-electron chi connectivity index (χ2n) is 4.55. The van der Waals surface area contributed by atoms with Crippen molar-refractivity contribution in [1.29, 1.82) is 0 Å². The molecule has 0 spiro atoms. The monoisotopic (exact) mass is 315 g/mol. The van der Waals surface area contributed by atoms with E-state index in [0.717, 1.165) is 26.1 Å². The molecule has 0 unspecified atom stereocenters. The third-order valence-corrected chi connectivity index (χ3v) is 3.70. The fourth-order valence-corrected chi connectivity index (χ4v) is 2.37. The van der Waals surface area contributed by atoms with E-state index in [1.54, 1.807) is 0 Å². The highest BCUT2D eigenvalue weighted by Crippen LogP contribution is 2.31. The number of nitro groups is 1. The third kappa shape index (κ3) is 4.78. The van der Waals surface area contributed by atoms with Crippen LogP contribution in [0.5, 0.6) is 0 Å². The average Bonchev–Trinajstić information content (AvgIpc) is 2.47. The lowest BCUT2D eigenvalue weighted by Gasteiger charge is -2.24. The standard InChI is InChI=1S/C13H22ClN5O2/c1-4-17(5-2)8-7-9-18(6-3)13-11(19(20)21)12(14)15-10-16-13/h10H,4-9H2,1-3H3. The van der Waals surface area contributed by atoms with E-state index in [0.29, 0.717) is 18.9 Å². The molecule has 1 aromatic heterocycles. The number of aromatic nitrogens is 2. The van der Waals surface area contributed by atoms with Crippen molar-refractivity contribution in [2.45, 2.75) is 27.2 Å². The largest absolute Gasteiger partial charge is 0.351 e. The molecule has 118 valence electrons. The summed E-state index contributed by atoms with van der Waals surface area (Å²) in [7, 11) is 0. The van der Waals surface area contributed by atoms with Gasteiger partial charge in [0, 0.05) is 13.1 Å². The van der Waals surface area contributed by atoms with E-state index < -0.39 is 4.92 Å². The summed E-state index contributed by atoms with van der Waals surface area (Å²) in [5.74, 6) is 0.294. The first-order valence-corrected chi connectivity index (χ1v) is 7.55. The highest BCUT2D eigenvalue weighted by molar-refractivity contribution is 6.31. The number of anilines is 1. The number of hydrogen-bond donors (Lipinski definition) is 0. The van der Waals surface area contributed by atoms with Crippen molar-refractivity contribution < 1.29 is 4.92 Å². The summed E-state index contributed by atoms with van der Waals surface area (Å²) in [6.45, 7) is 10.5. The molecule has 0 aliphatic carbocycles. The third-order valence-electron chi connectivity index (χ3n) is 3.42. The second kappa shape index (κ2) is 8.74. The molecule has 1 rings (SSSR count). The lowest BCUT2D eigenvalue weighted by atomic mass is 10.3. The van der Waals surface area contributed by atoms with Gasteiger partial charge >= 0.3 is 5.69 Å². The summed E-state index contributed by atoms with van der Waals surface area (Å²) >= 11 is 5.83. The van der Waals surface area contributed by atoms with Gasteiger partial charge in [-0.1, -0.05) is 25.4 Å². The second-order valence-corrected chi connectivity index (χ2v) is 4.91. The summed E-state index contributed by atoms with van der Waals surface area (Å²) in [5, 5.41) is 11.0. The van der Waals surface area contributed by atoms with Gasteiger partial charge in [-0.3, -0.25) is 10.1 Å². The fraction of sp³-hybridized carbons (Fsp3) is 0.692. The van der Waals surface area contributed by atoms with Crippen LogP contribution in [0.2, 0.25) is 5.15 Å². The van der Waals surface area contributed by atoms with Gasteiger partial charge in [-0.25, -0.2) is 9.97 Å². The molecule has 0 bridgehead atoms. The van der Waals surface area contributed by atoms with Crippen LogP contribution in [0, 0.1) is 10.1 Å². The Morgan fingerprint density at radius 2 is 1.86 bits per heavy atom. The summed E-state index contributed by atoms with van der Waals surface area (Å²) in [6, 6.07) is 0. The van der Waals surface area contributed by atoms with Gasteiger partial charge in [-0.2, -0.15) is 0 Å². The number of halogens is 1. The Kier molecular flexibility index (Phi) is 7.31. The zero-order valence-electron chi connectivity index (χ0n) is 12.8. The summed E-state index contributed by atoms with van der Waals surface area (Å²) in [4.78, 5) is 22.5. The SMILES string of the molecule is CCN(CC)CCCN(CC)c1ncnc(Cl)c1[N+](=O)[O-]. The molecule has 0 atom stereocenters. The molecule has 7 nitrogen and oxygen atoms in total. The van der Waals surface area contributed by atoms with E-state index in [-0.39, 0.29) is 10.8 Å². The zero-order chi connectivity index (χ0) is 15.8. The van der Waals surface area contributed by atoms with Gasteiger partial charge in [0.2, 0.25) is 11.0 Å². The van der Waals surface area contributed by atoms with Gasteiger partial charge in [-0.15, -0.1) is 0 Å². The van der Waals surface area contributed by atoms with Crippen LogP contribution in [0.4, 0.5) is 11.5 Å². The van der Waals surface area contributed by atoms with Crippen molar-refractivity contribution in [3.63, 3.8) is 0 Å². The quantitative estimate of drug-likeness (QED) is 0.396. The molecule has 8 heteroatoms. The van der Waals surface area contributed by atoms with Crippen LogP contribution < -0.4 is 4.90 Å². The predicted octanol–water partition coefficient (Wildman–Crippen LogP) is 2.60. The smallest absolute Gasteiger partial charge is 0.348 e. The van der Waals surface area contributed by atoms with Crippen molar-refractivity contribution in [2.24, 2.45) is 0 Å². The minimum atomic E-state index is -0.523. The molecule has 0 amide bonds. The molecular weight excluding hydrogens is 294 g/mol. The van der Waals surface area contributed by atoms with Crippen molar-refractivity contribution in [3.05, 3.63) is 21.6 Å². The summed E-state index contributed by atoms with van der Waals surface area (Å²) in [5.41, 5.74) is -0.219. The Morgan fingerprint density at radius 1 is 1.19 bits per heavy atom. The maximum atomic E-state index is 11.1. The number of rotatable bonds is 9. The Hall–Kier alpha value is -1.47. The van der Waals surface area contributed by atoms with Crippen LogP contribution in [-0.2, 0) is 0 Å². The van der Waals surface area contributed by atoms with E-state index in [2.05, 4.69) is 28.7 Å². The Morgan fingerprint density at radius 3 is 2.38 bits per heavy atom. The molecule has 1 aromatic rings. The highest BCUT2D eigenvalue weighted by Gasteiger charge is 2.25. The fourth-order valence-electron chi connectivity index (χ4n) is 2.18. The molecule has 0 aliphatic heterocycles. The number of nitrogens with zero attached hydrogens (tertiary/aromatic N) is 5. The highest BCUT2D eigenvalue weighted by atomic mass is 35.5. The van der Waals surface area contributed by atoms with Gasteiger partial charge in [0.25, 0.3) is 0 Å². The van der Waals surface area contributed by atoms with E-state index in [1.807, 2.05) is 11.8 Å². The maximum Gasteiger partial charge on any atom is 0.348 e. The Balaban J connectivity index is 2.81. The lowest BCUT2D eigenvalue weighted by Crippen LogP contribution is -2.30. The molecular formula is C13H22ClN5O2. The average molecular weight is 316 g/mol. The Bertz CT molecular complexity index is 468. The lowest BCUT2D eigenvalue weighted by molar-refractivity contribution is -0.384. The van der Waals surface area contributed by atoms with Gasteiger partial charge in [-0.05, 0) is 33.0 Å². The Labute approximate surface area is 130 Å². The van der Waals surface area contributed by atoms with Gasteiger partial charge in [0.05, 0.1) is 4.92 Å². The van der Waals surface area contributed by atoms with Crippen LogP contribution in [-0.4, -0.2) is 52.5 Å². The topological polar surface area (TPSA) is 75.4 Å². The summed E-state index contributed by atoms with van der Waals surface area (Å²) in [6.07, 6.45) is 2.17. The van der Waals surface area contributed by atoms with E-state index in [1.165, 1.54) is 6.33 Å². The van der Waals surface area contributed by atoms with Crippen LogP contribution in [0.15, 0.2) is 6.33 Å². The molecule has 0 saturated heterocycles. The van der Waals surface area contributed by atoms with Crippen molar-refractivity contribution in [1.82, 2.24) is 14.9 Å². The zero-order valence-corrected chi connectivity index (χ0v) is 13.5.